The van der Waals surface area contributed by atoms with Gasteiger partial charge in [-0.1, -0.05) is 13.8 Å². The van der Waals surface area contributed by atoms with Gasteiger partial charge in [-0.3, -0.25) is 4.79 Å². The molecule has 1 aromatic carbocycles. The van der Waals surface area contributed by atoms with E-state index in [2.05, 4.69) is 24.5 Å². The third-order valence-electron chi connectivity index (χ3n) is 3.46. The van der Waals surface area contributed by atoms with Crippen LogP contribution >= 0.6 is 12.4 Å². The lowest BCUT2D eigenvalue weighted by Crippen LogP contribution is -2.35. The van der Waals surface area contributed by atoms with Gasteiger partial charge in [0.05, 0.1) is 12.6 Å². The second-order valence-corrected chi connectivity index (χ2v) is 5.69. The summed E-state index contributed by atoms with van der Waals surface area (Å²) in [6, 6.07) is 7.53. The Morgan fingerprint density at radius 2 is 2.10 bits per heavy atom. The Morgan fingerprint density at radius 3 is 2.67 bits per heavy atom. The summed E-state index contributed by atoms with van der Waals surface area (Å²) in [6.45, 7) is 6.02. The second-order valence-electron chi connectivity index (χ2n) is 5.69. The van der Waals surface area contributed by atoms with Crippen molar-refractivity contribution in [3.8, 4) is 5.75 Å². The maximum atomic E-state index is 11.9. The van der Waals surface area contributed by atoms with E-state index in [1.165, 1.54) is 0 Å². The monoisotopic (exact) mass is 312 g/mol. The Hall–Kier alpha value is -1.26. The zero-order chi connectivity index (χ0) is 14.4. The van der Waals surface area contributed by atoms with Crippen molar-refractivity contribution < 1.29 is 9.53 Å². The van der Waals surface area contributed by atoms with Crippen LogP contribution in [0.1, 0.15) is 33.1 Å². The minimum absolute atomic E-state index is 0. The average Bonchev–Trinajstić information content (AvgIpc) is 2.94. The van der Waals surface area contributed by atoms with Crippen molar-refractivity contribution >= 4 is 24.0 Å². The second kappa shape index (κ2) is 8.90. The van der Waals surface area contributed by atoms with E-state index in [1.807, 2.05) is 24.3 Å². The summed E-state index contributed by atoms with van der Waals surface area (Å²) in [5.41, 5.74) is 0.819. The first-order valence-electron chi connectivity index (χ1n) is 7.42. The molecule has 1 aromatic rings. The fourth-order valence-electron chi connectivity index (χ4n) is 2.18. The number of amides is 1. The number of rotatable bonds is 6. The molecule has 1 unspecified atom stereocenters. The van der Waals surface area contributed by atoms with Crippen molar-refractivity contribution in [1.82, 2.24) is 5.32 Å². The van der Waals surface area contributed by atoms with Gasteiger partial charge in [-0.05, 0) is 56.0 Å². The van der Waals surface area contributed by atoms with E-state index in [1.54, 1.807) is 0 Å². The molecule has 1 saturated heterocycles. The van der Waals surface area contributed by atoms with Crippen molar-refractivity contribution in [2.75, 3.05) is 18.5 Å². The maximum absolute atomic E-state index is 11.9. The Labute approximate surface area is 133 Å². The van der Waals surface area contributed by atoms with E-state index in [4.69, 9.17) is 4.74 Å². The van der Waals surface area contributed by atoms with E-state index in [9.17, 15) is 4.79 Å². The molecule has 4 nitrogen and oxygen atoms in total. The van der Waals surface area contributed by atoms with Crippen LogP contribution in [0.4, 0.5) is 5.69 Å². The van der Waals surface area contributed by atoms with E-state index >= 15 is 0 Å². The van der Waals surface area contributed by atoms with Crippen LogP contribution in [0.5, 0.6) is 5.75 Å². The number of anilines is 1. The van der Waals surface area contributed by atoms with Gasteiger partial charge < -0.3 is 15.4 Å². The molecule has 1 atom stereocenters. The summed E-state index contributed by atoms with van der Waals surface area (Å²) < 4.78 is 5.65. The summed E-state index contributed by atoms with van der Waals surface area (Å²) in [5.74, 6) is 1.55. The van der Waals surface area contributed by atoms with Gasteiger partial charge in [0.25, 0.3) is 0 Å². The van der Waals surface area contributed by atoms with Gasteiger partial charge in [0.2, 0.25) is 5.91 Å². The number of ether oxygens (including phenoxy) is 1. The van der Waals surface area contributed by atoms with Gasteiger partial charge in [0, 0.05) is 5.69 Å². The summed E-state index contributed by atoms with van der Waals surface area (Å²) in [4.78, 5) is 11.9. The van der Waals surface area contributed by atoms with Gasteiger partial charge >= 0.3 is 0 Å². The molecule has 2 N–H and O–H groups in total. The molecule has 0 aliphatic carbocycles. The summed E-state index contributed by atoms with van der Waals surface area (Å²) in [5, 5.41) is 6.12. The molecule has 0 radical (unpaired) electrons. The van der Waals surface area contributed by atoms with Crippen LogP contribution in [0.15, 0.2) is 24.3 Å². The molecular weight excluding hydrogens is 288 g/mol. The third kappa shape index (κ3) is 5.94. The molecule has 1 heterocycles. The molecule has 1 aliphatic rings. The van der Waals surface area contributed by atoms with Crippen molar-refractivity contribution in [3.63, 3.8) is 0 Å². The molecule has 0 bridgehead atoms. The highest BCUT2D eigenvalue weighted by Crippen LogP contribution is 2.17. The van der Waals surface area contributed by atoms with Crippen LogP contribution < -0.4 is 15.4 Å². The van der Waals surface area contributed by atoms with Gasteiger partial charge in [0.1, 0.15) is 5.75 Å². The van der Waals surface area contributed by atoms with E-state index in [0.29, 0.717) is 5.92 Å². The van der Waals surface area contributed by atoms with Crippen LogP contribution in [-0.2, 0) is 4.79 Å². The topological polar surface area (TPSA) is 50.4 Å². The molecule has 21 heavy (non-hydrogen) atoms. The SMILES string of the molecule is CC(C)CCOc1ccc(NC(=O)C2CCCN2)cc1.Cl. The Balaban J connectivity index is 0.00000220. The highest BCUT2D eigenvalue weighted by molar-refractivity contribution is 5.95. The lowest BCUT2D eigenvalue weighted by Gasteiger charge is -2.12. The zero-order valence-electron chi connectivity index (χ0n) is 12.7. The highest BCUT2D eigenvalue weighted by Gasteiger charge is 2.21. The number of carbonyl (C=O) groups is 1. The molecule has 118 valence electrons. The van der Waals surface area contributed by atoms with E-state index in [-0.39, 0.29) is 24.4 Å². The predicted octanol–water partition coefficient (Wildman–Crippen LogP) is 3.22. The molecule has 0 spiro atoms. The van der Waals surface area contributed by atoms with Crippen LogP contribution in [0.25, 0.3) is 0 Å². The Morgan fingerprint density at radius 1 is 1.38 bits per heavy atom. The van der Waals surface area contributed by atoms with Crippen molar-refractivity contribution in [2.24, 2.45) is 5.92 Å². The smallest absolute Gasteiger partial charge is 0.241 e. The number of benzene rings is 1. The largest absolute Gasteiger partial charge is 0.494 e. The molecule has 2 rings (SSSR count). The standard InChI is InChI=1S/C16H24N2O2.ClH/c1-12(2)9-11-20-14-7-5-13(6-8-14)18-16(19)15-4-3-10-17-15;/h5-8,12,15,17H,3-4,9-11H2,1-2H3,(H,18,19);1H. The van der Waals surface area contributed by atoms with Gasteiger partial charge in [-0.25, -0.2) is 0 Å². The minimum Gasteiger partial charge on any atom is -0.494 e. The average molecular weight is 313 g/mol. The zero-order valence-corrected chi connectivity index (χ0v) is 13.5. The fraction of sp³-hybridized carbons (Fsp3) is 0.562. The van der Waals surface area contributed by atoms with Crippen LogP contribution in [0.2, 0.25) is 0 Å². The first kappa shape index (κ1) is 17.8. The van der Waals surface area contributed by atoms with Crippen LogP contribution in [0.3, 0.4) is 0 Å². The lowest BCUT2D eigenvalue weighted by molar-refractivity contribution is -0.117. The van der Waals surface area contributed by atoms with Gasteiger partial charge in [0.15, 0.2) is 0 Å². The maximum Gasteiger partial charge on any atom is 0.241 e. The molecule has 0 saturated carbocycles. The van der Waals surface area contributed by atoms with E-state index < -0.39 is 0 Å². The summed E-state index contributed by atoms with van der Waals surface area (Å²) >= 11 is 0. The fourth-order valence-corrected chi connectivity index (χ4v) is 2.18. The molecule has 5 heteroatoms. The Bertz CT molecular complexity index is 428. The van der Waals surface area contributed by atoms with Crippen molar-refractivity contribution in [2.45, 2.75) is 39.2 Å². The van der Waals surface area contributed by atoms with Crippen molar-refractivity contribution in [1.29, 1.82) is 0 Å². The highest BCUT2D eigenvalue weighted by atomic mass is 35.5. The molecule has 0 aromatic heterocycles. The van der Waals surface area contributed by atoms with Crippen LogP contribution in [0, 0.1) is 5.92 Å². The number of carbonyl (C=O) groups excluding carboxylic acids is 1. The summed E-state index contributed by atoms with van der Waals surface area (Å²) in [7, 11) is 0. The van der Waals surface area contributed by atoms with Crippen molar-refractivity contribution in [3.05, 3.63) is 24.3 Å². The number of nitrogens with one attached hydrogen (secondary N) is 2. The predicted molar refractivity (Wildman–Crippen MR) is 88.3 cm³/mol. The van der Waals surface area contributed by atoms with Crippen LogP contribution in [-0.4, -0.2) is 25.1 Å². The van der Waals surface area contributed by atoms with Gasteiger partial charge in [-0.15, -0.1) is 12.4 Å². The summed E-state index contributed by atoms with van der Waals surface area (Å²) in [6.07, 6.45) is 3.04. The quantitative estimate of drug-likeness (QED) is 0.848. The normalized spacial score (nSPS) is 17.4. The Kier molecular flexibility index (Phi) is 7.54. The first-order chi connectivity index (χ1) is 9.65. The van der Waals surface area contributed by atoms with E-state index in [0.717, 1.165) is 43.9 Å². The lowest BCUT2D eigenvalue weighted by atomic mass is 10.1. The van der Waals surface area contributed by atoms with Gasteiger partial charge in [-0.2, -0.15) is 0 Å². The number of halogens is 1. The molecule has 1 amide bonds. The molecular formula is C16H25ClN2O2. The number of hydrogen-bond acceptors (Lipinski definition) is 3. The molecule has 1 aliphatic heterocycles. The minimum atomic E-state index is -0.0445. The number of hydrogen-bond donors (Lipinski definition) is 2. The molecule has 1 fully saturated rings. The first-order valence-corrected chi connectivity index (χ1v) is 7.42. The third-order valence-corrected chi connectivity index (χ3v) is 3.46.